The molecule has 0 atom stereocenters. The molecule has 1 saturated heterocycles. The molecule has 3 rings (SSSR count). The minimum atomic E-state index is -0.140. The highest BCUT2D eigenvalue weighted by atomic mass is 16.5. The zero-order chi connectivity index (χ0) is 20.1. The summed E-state index contributed by atoms with van der Waals surface area (Å²) >= 11 is 0. The van der Waals surface area contributed by atoms with Gasteiger partial charge in [0, 0.05) is 25.2 Å². The van der Waals surface area contributed by atoms with Gasteiger partial charge in [0.2, 0.25) is 5.91 Å². The number of rotatable bonds is 5. The van der Waals surface area contributed by atoms with Gasteiger partial charge in [-0.15, -0.1) is 0 Å². The van der Waals surface area contributed by atoms with E-state index in [2.05, 4.69) is 10.3 Å². The molecule has 2 heterocycles. The SMILES string of the molecule is COc1cccc(C(=O)N2CCC(C(=O)Nc3cc(C)ccn3)CC2)c1OC. The molecule has 148 valence electrons. The van der Waals surface area contributed by atoms with E-state index in [1.807, 2.05) is 19.1 Å². The van der Waals surface area contributed by atoms with E-state index >= 15 is 0 Å². The van der Waals surface area contributed by atoms with E-state index < -0.39 is 0 Å². The van der Waals surface area contributed by atoms with Gasteiger partial charge in [0.1, 0.15) is 5.82 Å². The average molecular weight is 383 g/mol. The van der Waals surface area contributed by atoms with Crippen molar-refractivity contribution >= 4 is 17.6 Å². The van der Waals surface area contributed by atoms with Crippen LogP contribution in [0.4, 0.5) is 5.82 Å². The van der Waals surface area contributed by atoms with E-state index in [1.165, 1.54) is 7.11 Å². The van der Waals surface area contributed by atoms with E-state index in [1.54, 1.807) is 36.4 Å². The number of amides is 2. The molecule has 2 aromatic rings. The third-order valence-electron chi connectivity index (χ3n) is 4.95. The van der Waals surface area contributed by atoms with Crippen LogP contribution >= 0.6 is 0 Å². The lowest BCUT2D eigenvalue weighted by atomic mass is 9.95. The van der Waals surface area contributed by atoms with E-state index in [0.717, 1.165) is 5.56 Å². The Morgan fingerprint density at radius 1 is 1.14 bits per heavy atom. The number of ether oxygens (including phenoxy) is 2. The first-order valence-corrected chi connectivity index (χ1v) is 9.27. The zero-order valence-electron chi connectivity index (χ0n) is 16.4. The first-order chi connectivity index (χ1) is 13.5. The van der Waals surface area contributed by atoms with Crippen LogP contribution in [0.1, 0.15) is 28.8 Å². The van der Waals surface area contributed by atoms with Crippen LogP contribution in [-0.4, -0.2) is 49.0 Å². The molecule has 28 heavy (non-hydrogen) atoms. The Balaban J connectivity index is 1.62. The molecule has 2 amide bonds. The second-order valence-corrected chi connectivity index (χ2v) is 6.82. The third kappa shape index (κ3) is 4.24. The number of aryl methyl sites for hydroxylation is 1. The highest BCUT2D eigenvalue weighted by molar-refractivity contribution is 5.98. The molecule has 1 aromatic heterocycles. The Morgan fingerprint density at radius 3 is 2.54 bits per heavy atom. The molecule has 1 N–H and O–H groups in total. The van der Waals surface area contributed by atoms with E-state index in [9.17, 15) is 9.59 Å². The van der Waals surface area contributed by atoms with Crippen LogP contribution in [0.15, 0.2) is 36.5 Å². The highest BCUT2D eigenvalue weighted by Gasteiger charge is 2.29. The summed E-state index contributed by atoms with van der Waals surface area (Å²) in [6.07, 6.45) is 2.89. The van der Waals surface area contributed by atoms with E-state index in [-0.39, 0.29) is 17.7 Å². The highest BCUT2D eigenvalue weighted by Crippen LogP contribution is 2.32. The summed E-state index contributed by atoms with van der Waals surface area (Å²) in [6.45, 7) is 2.98. The Hall–Kier alpha value is -3.09. The van der Waals surface area contributed by atoms with Crippen molar-refractivity contribution in [2.75, 3.05) is 32.6 Å². The number of anilines is 1. The number of methoxy groups -OCH3 is 2. The molecule has 0 unspecified atom stereocenters. The summed E-state index contributed by atoms with van der Waals surface area (Å²) in [7, 11) is 3.06. The summed E-state index contributed by atoms with van der Waals surface area (Å²) in [6, 6.07) is 8.97. The van der Waals surface area contributed by atoms with Crippen molar-refractivity contribution in [3.8, 4) is 11.5 Å². The number of carbonyl (C=O) groups excluding carboxylic acids is 2. The standard InChI is InChI=1S/C21H25N3O4/c1-14-7-10-22-18(13-14)23-20(25)15-8-11-24(12-9-15)21(26)16-5-4-6-17(27-2)19(16)28-3/h4-7,10,13,15H,8-9,11-12H2,1-3H3,(H,22,23,25). The van der Waals surface area contributed by atoms with Crippen LogP contribution in [0.5, 0.6) is 11.5 Å². The van der Waals surface area contributed by atoms with Crippen molar-refractivity contribution in [2.45, 2.75) is 19.8 Å². The van der Waals surface area contributed by atoms with Crippen molar-refractivity contribution in [1.82, 2.24) is 9.88 Å². The fourth-order valence-electron chi connectivity index (χ4n) is 3.40. The second-order valence-electron chi connectivity index (χ2n) is 6.82. The maximum absolute atomic E-state index is 12.9. The largest absolute Gasteiger partial charge is 0.493 e. The topological polar surface area (TPSA) is 80.8 Å². The van der Waals surface area contributed by atoms with Crippen molar-refractivity contribution in [3.05, 3.63) is 47.7 Å². The number of likely N-dealkylation sites (tertiary alicyclic amines) is 1. The maximum Gasteiger partial charge on any atom is 0.257 e. The molecule has 1 aliphatic rings. The van der Waals surface area contributed by atoms with Gasteiger partial charge < -0.3 is 19.7 Å². The predicted molar refractivity (Wildman–Crippen MR) is 106 cm³/mol. The van der Waals surface area contributed by atoms with Crippen LogP contribution in [0, 0.1) is 12.8 Å². The lowest BCUT2D eigenvalue weighted by Crippen LogP contribution is -2.41. The lowest BCUT2D eigenvalue weighted by molar-refractivity contribution is -0.121. The Kier molecular flexibility index (Phi) is 6.13. The fraction of sp³-hybridized carbons (Fsp3) is 0.381. The number of benzene rings is 1. The Morgan fingerprint density at radius 2 is 1.89 bits per heavy atom. The first-order valence-electron chi connectivity index (χ1n) is 9.27. The van der Waals surface area contributed by atoms with Crippen LogP contribution in [0.3, 0.4) is 0 Å². The summed E-state index contributed by atoms with van der Waals surface area (Å²) in [4.78, 5) is 31.4. The Bertz CT molecular complexity index is 860. The fourth-order valence-corrected chi connectivity index (χ4v) is 3.40. The van der Waals surface area contributed by atoms with Gasteiger partial charge in [0.25, 0.3) is 5.91 Å². The number of hydrogen-bond donors (Lipinski definition) is 1. The molecule has 0 aliphatic carbocycles. The van der Waals surface area contributed by atoms with Gasteiger partial charge in [-0.2, -0.15) is 0 Å². The summed E-state index contributed by atoms with van der Waals surface area (Å²) in [5, 5.41) is 2.87. The van der Waals surface area contributed by atoms with Gasteiger partial charge in [0.05, 0.1) is 19.8 Å². The normalized spacial score (nSPS) is 14.5. The molecule has 1 aliphatic heterocycles. The summed E-state index contributed by atoms with van der Waals surface area (Å²) in [5.41, 5.74) is 1.51. The zero-order valence-corrected chi connectivity index (χ0v) is 16.4. The number of nitrogens with zero attached hydrogens (tertiary/aromatic N) is 2. The van der Waals surface area contributed by atoms with Gasteiger partial charge in [-0.05, 0) is 49.6 Å². The summed E-state index contributed by atoms with van der Waals surface area (Å²) < 4.78 is 10.6. The smallest absolute Gasteiger partial charge is 0.257 e. The maximum atomic E-state index is 12.9. The van der Waals surface area contributed by atoms with Crippen LogP contribution in [0.25, 0.3) is 0 Å². The molecule has 7 heteroatoms. The van der Waals surface area contributed by atoms with Crippen molar-refractivity contribution < 1.29 is 19.1 Å². The quantitative estimate of drug-likeness (QED) is 0.859. The minimum absolute atomic E-state index is 0.0517. The summed E-state index contributed by atoms with van der Waals surface area (Å²) in [5.74, 6) is 1.20. The monoisotopic (exact) mass is 383 g/mol. The molecule has 0 saturated carbocycles. The number of aromatic nitrogens is 1. The molecular weight excluding hydrogens is 358 g/mol. The van der Waals surface area contributed by atoms with E-state index in [0.29, 0.717) is 48.8 Å². The molecule has 0 radical (unpaired) electrons. The van der Waals surface area contributed by atoms with Crippen molar-refractivity contribution in [1.29, 1.82) is 0 Å². The average Bonchev–Trinajstić information content (AvgIpc) is 2.72. The van der Waals surface area contributed by atoms with Gasteiger partial charge in [-0.25, -0.2) is 4.98 Å². The second kappa shape index (κ2) is 8.73. The number of piperidine rings is 1. The molecular formula is C21H25N3O4. The number of carbonyl (C=O) groups is 2. The van der Waals surface area contributed by atoms with Crippen LogP contribution in [0.2, 0.25) is 0 Å². The minimum Gasteiger partial charge on any atom is -0.493 e. The van der Waals surface area contributed by atoms with Gasteiger partial charge >= 0.3 is 0 Å². The number of hydrogen-bond acceptors (Lipinski definition) is 5. The van der Waals surface area contributed by atoms with Gasteiger partial charge in [-0.1, -0.05) is 6.07 Å². The van der Waals surface area contributed by atoms with Gasteiger partial charge in [0.15, 0.2) is 11.5 Å². The Labute approximate surface area is 164 Å². The molecule has 1 aromatic carbocycles. The molecule has 0 spiro atoms. The van der Waals surface area contributed by atoms with Crippen LogP contribution < -0.4 is 14.8 Å². The van der Waals surface area contributed by atoms with Crippen molar-refractivity contribution in [3.63, 3.8) is 0 Å². The molecule has 7 nitrogen and oxygen atoms in total. The lowest BCUT2D eigenvalue weighted by Gasteiger charge is -2.31. The van der Waals surface area contributed by atoms with E-state index in [4.69, 9.17) is 9.47 Å². The van der Waals surface area contributed by atoms with Gasteiger partial charge in [-0.3, -0.25) is 9.59 Å². The third-order valence-corrected chi connectivity index (χ3v) is 4.95. The number of para-hydroxylation sites is 1. The molecule has 0 bridgehead atoms. The molecule has 1 fully saturated rings. The number of pyridine rings is 1. The predicted octanol–water partition coefficient (Wildman–Crippen LogP) is 2.90. The first kappa shape index (κ1) is 19.7. The van der Waals surface area contributed by atoms with Crippen LogP contribution in [-0.2, 0) is 4.79 Å². The number of nitrogens with one attached hydrogen (secondary N) is 1. The van der Waals surface area contributed by atoms with Crippen molar-refractivity contribution in [2.24, 2.45) is 5.92 Å².